The van der Waals surface area contributed by atoms with E-state index in [1.807, 2.05) is 0 Å². The van der Waals surface area contributed by atoms with Crippen molar-refractivity contribution in [3.8, 4) is 0 Å². The van der Waals surface area contributed by atoms with Gasteiger partial charge in [-0.1, -0.05) is 18.2 Å². The molecule has 0 radical (unpaired) electrons. The van der Waals surface area contributed by atoms with Crippen LogP contribution in [-0.4, -0.2) is 33.9 Å². The molecule has 0 fully saturated rings. The van der Waals surface area contributed by atoms with Gasteiger partial charge < -0.3 is 10.0 Å². The number of nitro benzene ring substituents is 1. The summed E-state index contributed by atoms with van der Waals surface area (Å²) in [7, 11) is 1.38. The largest absolute Gasteiger partial charge is 0.479 e. The van der Waals surface area contributed by atoms with Gasteiger partial charge in [0.1, 0.15) is 0 Å². The average Bonchev–Trinajstić information content (AvgIpc) is 2.55. The van der Waals surface area contributed by atoms with Crippen LogP contribution >= 0.6 is 0 Å². The van der Waals surface area contributed by atoms with Gasteiger partial charge in [0, 0.05) is 24.7 Å². The van der Waals surface area contributed by atoms with Crippen molar-refractivity contribution in [1.29, 1.82) is 0 Å². The van der Waals surface area contributed by atoms with Crippen LogP contribution in [0.5, 0.6) is 0 Å². The number of carbonyl (C=O) groups is 2. The highest BCUT2D eigenvalue weighted by atomic mass is 16.6. The number of carboxylic acids is 1. The van der Waals surface area contributed by atoms with Crippen LogP contribution in [0.4, 0.5) is 5.69 Å². The van der Waals surface area contributed by atoms with Gasteiger partial charge >= 0.3 is 5.97 Å². The minimum Gasteiger partial charge on any atom is -0.479 e. The molecule has 23 heavy (non-hydrogen) atoms. The van der Waals surface area contributed by atoms with Gasteiger partial charge in [0.15, 0.2) is 6.04 Å². The fraction of sp³-hybridized carbons (Fsp3) is 0.125. The molecule has 1 N–H and O–H groups in total. The van der Waals surface area contributed by atoms with E-state index in [2.05, 4.69) is 0 Å². The van der Waals surface area contributed by atoms with Crippen LogP contribution in [0.2, 0.25) is 0 Å². The van der Waals surface area contributed by atoms with E-state index >= 15 is 0 Å². The maximum absolute atomic E-state index is 12.4. The van der Waals surface area contributed by atoms with Gasteiger partial charge in [-0.2, -0.15) is 0 Å². The van der Waals surface area contributed by atoms with Crippen molar-refractivity contribution < 1.29 is 19.6 Å². The second kappa shape index (κ2) is 6.69. The Kier molecular flexibility index (Phi) is 4.70. The summed E-state index contributed by atoms with van der Waals surface area (Å²) in [5.41, 5.74) is 0.507. The van der Waals surface area contributed by atoms with Crippen LogP contribution in [-0.2, 0) is 4.79 Å². The van der Waals surface area contributed by atoms with Gasteiger partial charge in [0.05, 0.1) is 4.92 Å². The summed E-state index contributed by atoms with van der Waals surface area (Å²) in [6, 6.07) is 12.2. The monoisotopic (exact) mass is 314 g/mol. The molecular formula is C16H14N2O5. The molecule has 118 valence electrons. The molecular weight excluding hydrogens is 300 g/mol. The molecule has 2 aromatic rings. The number of carboxylic acid groups (broad SMARTS) is 1. The van der Waals surface area contributed by atoms with Crippen LogP contribution in [0.1, 0.15) is 22.0 Å². The number of aliphatic carboxylic acids is 1. The first-order valence-corrected chi connectivity index (χ1v) is 6.71. The standard InChI is InChI=1S/C16H14N2O5/c1-17(15(19)12-5-3-2-4-6-12)14(16(20)21)11-7-9-13(10-8-11)18(22)23/h2-10,14H,1H3,(H,20,21). The maximum Gasteiger partial charge on any atom is 0.331 e. The summed E-state index contributed by atoms with van der Waals surface area (Å²) in [4.78, 5) is 35.2. The minimum absolute atomic E-state index is 0.144. The number of likely N-dealkylation sites (N-methyl/N-ethyl adjacent to an activating group) is 1. The second-order valence-corrected chi connectivity index (χ2v) is 4.87. The SMILES string of the molecule is CN(C(=O)c1ccccc1)C(C(=O)O)c1ccc([N+](=O)[O-])cc1. The molecule has 0 spiro atoms. The van der Waals surface area contributed by atoms with Crippen LogP contribution < -0.4 is 0 Å². The minimum atomic E-state index is -1.23. The molecule has 0 aliphatic heterocycles. The zero-order valence-electron chi connectivity index (χ0n) is 12.2. The highest BCUT2D eigenvalue weighted by Crippen LogP contribution is 2.24. The third-order valence-corrected chi connectivity index (χ3v) is 3.38. The van der Waals surface area contributed by atoms with E-state index in [9.17, 15) is 24.8 Å². The number of amides is 1. The Balaban J connectivity index is 2.32. The Labute approximate surface area is 131 Å². The molecule has 0 heterocycles. The molecule has 0 aromatic heterocycles. The molecule has 2 aromatic carbocycles. The molecule has 7 heteroatoms. The van der Waals surface area contributed by atoms with Crippen molar-refractivity contribution >= 4 is 17.6 Å². The predicted molar refractivity (Wildman–Crippen MR) is 82.0 cm³/mol. The molecule has 0 saturated heterocycles. The Hall–Kier alpha value is -3.22. The number of hydrogen-bond donors (Lipinski definition) is 1. The highest BCUT2D eigenvalue weighted by molar-refractivity contribution is 5.96. The maximum atomic E-state index is 12.4. The number of non-ortho nitro benzene ring substituents is 1. The fourth-order valence-electron chi connectivity index (χ4n) is 2.21. The topological polar surface area (TPSA) is 101 Å². The third kappa shape index (κ3) is 3.52. The molecule has 0 aliphatic carbocycles. The second-order valence-electron chi connectivity index (χ2n) is 4.87. The molecule has 1 unspecified atom stereocenters. The first kappa shape index (κ1) is 16.2. The lowest BCUT2D eigenvalue weighted by atomic mass is 10.0. The first-order chi connectivity index (χ1) is 10.9. The van der Waals surface area contributed by atoms with E-state index in [-0.39, 0.29) is 11.3 Å². The lowest BCUT2D eigenvalue weighted by Crippen LogP contribution is -2.35. The van der Waals surface area contributed by atoms with E-state index in [0.717, 1.165) is 4.90 Å². The van der Waals surface area contributed by atoms with Crippen LogP contribution in [0.15, 0.2) is 54.6 Å². The molecule has 0 aliphatic rings. The molecule has 2 rings (SSSR count). The number of hydrogen-bond acceptors (Lipinski definition) is 4. The van der Waals surface area contributed by atoms with Crippen molar-refractivity contribution in [3.63, 3.8) is 0 Å². The van der Waals surface area contributed by atoms with Crippen molar-refractivity contribution in [2.45, 2.75) is 6.04 Å². The predicted octanol–water partition coefficient (Wildman–Crippen LogP) is 2.49. The third-order valence-electron chi connectivity index (χ3n) is 3.38. The van der Waals surface area contributed by atoms with Gasteiger partial charge in [0.2, 0.25) is 0 Å². The Morgan fingerprint density at radius 1 is 1.09 bits per heavy atom. The number of benzene rings is 2. The average molecular weight is 314 g/mol. The van der Waals surface area contributed by atoms with Gasteiger partial charge in [-0.25, -0.2) is 4.79 Å². The van der Waals surface area contributed by atoms with Gasteiger partial charge in [-0.15, -0.1) is 0 Å². The Morgan fingerprint density at radius 2 is 1.65 bits per heavy atom. The van der Waals surface area contributed by atoms with Crippen LogP contribution in [0, 0.1) is 10.1 Å². The molecule has 0 saturated carbocycles. The zero-order chi connectivity index (χ0) is 17.0. The smallest absolute Gasteiger partial charge is 0.331 e. The number of carbonyl (C=O) groups excluding carboxylic acids is 1. The van der Waals surface area contributed by atoms with Gasteiger partial charge in [0.25, 0.3) is 11.6 Å². The summed E-state index contributed by atoms with van der Waals surface area (Å²) >= 11 is 0. The molecule has 1 amide bonds. The lowest BCUT2D eigenvalue weighted by Gasteiger charge is -2.25. The fourth-order valence-corrected chi connectivity index (χ4v) is 2.21. The number of nitro groups is 1. The van der Waals surface area contributed by atoms with Crippen molar-refractivity contribution in [3.05, 3.63) is 75.8 Å². The Morgan fingerprint density at radius 3 is 2.13 bits per heavy atom. The van der Waals surface area contributed by atoms with E-state index in [0.29, 0.717) is 5.56 Å². The summed E-state index contributed by atoms with van der Waals surface area (Å²) in [6.45, 7) is 0. The van der Waals surface area contributed by atoms with E-state index < -0.39 is 22.8 Å². The van der Waals surface area contributed by atoms with Gasteiger partial charge in [-0.05, 0) is 29.8 Å². The molecule has 0 bridgehead atoms. The summed E-state index contributed by atoms with van der Waals surface area (Å²) in [6.07, 6.45) is 0. The van der Waals surface area contributed by atoms with E-state index in [1.54, 1.807) is 30.3 Å². The Bertz CT molecular complexity index is 728. The lowest BCUT2D eigenvalue weighted by molar-refractivity contribution is -0.384. The summed E-state index contributed by atoms with van der Waals surface area (Å²) in [5, 5.41) is 20.1. The summed E-state index contributed by atoms with van der Waals surface area (Å²) in [5.74, 6) is -1.66. The molecule has 1 atom stereocenters. The van der Waals surface area contributed by atoms with Gasteiger partial charge in [-0.3, -0.25) is 14.9 Å². The van der Waals surface area contributed by atoms with E-state index in [4.69, 9.17) is 0 Å². The number of nitrogens with zero attached hydrogens (tertiary/aromatic N) is 2. The van der Waals surface area contributed by atoms with Crippen LogP contribution in [0.3, 0.4) is 0 Å². The van der Waals surface area contributed by atoms with Crippen molar-refractivity contribution in [1.82, 2.24) is 4.90 Å². The van der Waals surface area contributed by atoms with Crippen molar-refractivity contribution in [2.24, 2.45) is 0 Å². The van der Waals surface area contributed by atoms with Crippen LogP contribution in [0.25, 0.3) is 0 Å². The highest BCUT2D eigenvalue weighted by Gasteiger charge is 2.29. The zero-order valence-corrected chi connectivity index (χ0v) is 12.2. The molecule has 7 nitrogen and oxygen atoms in total. The quantitative estimate of drug-likeness (QED) is 0.675. The number of rotatable bonds is 5. The first-order valence-electron chi connectivity index (χ1n) is 6.71. The van der Waals surface area contributed by atoms with Crippen molar-refractivity contribution in [2.75, 3.05) is 7.05 Å². The normalized spacial score (nSPS) is 11.5. The van der Waals surface area contributed by atoms with E-state index in [1.165, 1.54) is 31.3 Å². The summed E-state index contributed by atoms with van der Waals surface area (Å²) < 4.78 is 0.